The van der Waals surface area contributed by atoms with Crippen LogP contribution in [0.15, 0.2) is 18.2 Å². The van der Waals surface area contributed by atoms with Gasteiger partial charge in [-0.15, -0.1) is 0 Å². The topological polar surface area (TPSA) is 38.3 Å². The van der Waals surface area contributed by atoms with Crippen LogP contribution in [0.1, 0.15) is 25.5 Å². The average Bonchev–Trinajstić information content (AvgIpc) is 2.34. The van der Waals surface area contributed by atoms with Crippen LogP contribution in [-0.2, 0) is 10.8 Å². The third-order valence-electron chi connectivity index (χ3n) is 2.94. The number of ether oxygens (including phenoxy) is 1. The Morgan fingerprint density at radius 3 is 2.67 bits per heavy atom. The molecular weight excluding hydrogens is 253 g/mol. The summed E-state index contributed by atoms with van der Waals surface area (Å²) in [5, 5.41) is 3.22. The zero-order valence-electron chi connectivity index (χ0n) is 11.2. The van der Waals surface area contributed by atoms with Crippen molar-refractivity contribution in [2.24, 2.45) is 0 Å². The van der Waals surface area contributed by atoms with E-state index < -0.39 is 10.8 Å². The summed E-state index contributed by atoms with van der Waals surface area (Å²) in [7, 11) is 0.639. The third kappa shape index (κ3) is 3.78. The van der Waals surface area contributed by atoms with Gasteiger partial charge in [0.2, 0.25) is 0 Å². The molecule has 3 atom stereocenters. The third-order valence-corrected chi connectivity index (χ3v) is 4.24. The van der Waals surface area contributed by atoms with Gasteiger partial charge in [-0.05, 0) is 26.0 Å². The molecule has 0 aliphatic carbocycles. The average molecular weight is 273 g/mol. The Morgan fingerprint density at radius 1 is 1.44 bits per heavy atom. The number of nitrogens with one attached hydrogen (secondary N) is 1. The first-order valence-corrected chi connectivity index (χ1v) is 7.47. The molecule has 0 saturated heterocycles. The highest BCUT2D eigenvalue weighted by Crippen LogP contribution is 2.27. The summed E-state index contributed by atoms with van der Waals surface area (Å²) >= 11 is 0. The first-order valence-electron chi connectivity index (χ1n) is 5.85. The van der Waals surface area contributed by atoms with Gasteiger partial charge in [0, 0.05) is 40.5 Å². The van der Waals surface area contributed by atoms with Gasteiger partial charge < -0.3 is 10.1 Å². The van der Waals surface area contributed by atoms with Gasteiger partial charge in [0.15, 0.2) is 0 Å². The van der Waals surface area contributed by atoms with E-state index in [-0.39, 0.29) is 17.1 Å². The van der Waals surface area contributed by atoms with Crippen LogP contribution in [0.4, 0.5) is 4.39 Å². The monoisotopic (exact) mass is 273 g/mol. The second-order valence-corrected chi connectivity index (χ2v) is 6.10. The number of benzene rings is 1. The molecule has 1 aromatic rings. The number of hydrogen-bond donors (Lipinski definition) is 1. The van der Waals surface area contributed by atoms with E-state index in [2.05, 4.69) is 5.32 Å². The Balaban J connectivity index is 2.78. The van der Waals surface area contributed by atoms with Crippen LogP contribution in [-0.4, -0.2) is 29.4 Å². The summed E-state index contributed by atoms with van der Waals surface area (Å²) in [6, 6.07) is 4.58. The molecule has 0 heterocycles. The van der Waals surface area contributed by atoms with Gasteiger partial charge in [0.05, 0.1) is 7.11 Å². The van der Waals surface area contributed by atoms with Crippen LogP contribution < -0.4 is 10.1 Å². The molecule has 3 unspecified atom stereocenters. The predicted molar refractivity (Wildman–Crippen MR) is 72.9 cm³/mol. The normalized spacial score (nSPS) is 16.1. The van der Waals surface area contributed by atoms with Gasteiger partial charge in [-0.2, -0.15) is 0 Å². The van der Waals surface area contributed by atoms with Crippen molar-refractivity contribution in [2.45, 2.75) is 25.1 Å². The lowest BCUT2D eigenvalue weighted by Gasteiger charge is -2.19. The van der Waals surface area contributed by atoms with Gasteiger partial charge >= 0.3 is 0 Å². The minimum Gasteiger partial charge on any atom is -0.496 e. The fraction of sp³-hybridized carbons (Fsp3) is 0.538. The van der Waals surface area contributed by atoms with Crippen LogP contribution in [0.5, 0.6) is 5.75 Å². The van der Waals surface area contributed by atoms with E-state index in [0.717, 1.165) is 0 Å². The van der Waals surface area contributed by atoms with E-state index in [1.165, 1.54) is 13.2 Å². The van der Waals surface area contributed by atoms with Crippen molar-refractivity contribution < 1.29 is 13.3 Å². The Hall–Kier alpha value is -0.940. The van der Waals surface area contributed by atoms with Crippen LogP contribution in [0.2, 0.25) is 0 Å². The SMILES string of the molecule is COc1cccc(F)c1C(C)NCC(C)S(C)=O. The van der Waals surface area contributed by atoms with E-state index in [0.29, 0.717) is 17.9 Å². The van der Waals surface area contributed by atoms with Crippen LogP contribution in [0.3, 0.4) is 0 Å². The van der Waals surface area contributed by atoms with Crippen LogP contribution in [0.25, 0.3) is 0 Å². The molecule has 3 nitrogen and oxygen atoms in total. The minimum absolute atomic E-state index is 0.0326. The zero-order chi connectivity index (χ0) is 13.7. The van der Waals surface area contributed by atoms with E-state index in [1.807, 2.05) is 13.8 Å². The van der Waals surface area contributed by atoms with E-state index in [9.17, 15) is 8.60 Å². The molecular formula is C13H20FNO2S. The summed E-state index contributed by atoms with van der Waals surface area (Å²) in [5.74, 6) is 0.236. The molecule has 5 heteroatoms. The number of hydrogen-bond acceptors (Lipinski definition) is 3. The Labute approximate surface area is 110 Å². The van der Waals surface area contributed by atoms with Gasteiger partial charge in [-0.3, -0.25) is 4.21 Å². The maximum absolute atomic E-state index is 13.8. The van der Waals surface area contributed by atoms with Crippen LogP contribution in [0, 0.1) is 5.82 Å². The molecule has 0 bridgehead atoms. The summed E-state index contributed by atoms with van der Waals surface area (Å²) in [4.78, 5) is 0. The van der Waals surface area contributed by atoms with Crippen molar-refractivity contribution in [3.8, 4) is 5.75 Å². The molecule has 1 N–H and O–H groups in total. The fourth-order valence-electron chi connectivity index (χ4n) is 1.68. The molecule has 0 radical (unpaired) electrons. The lowest BCUT2D eigenvalue weighted by molar-refractivity contribution is 0.394. The van der Waals surface area contributed by atoms with E-state index in [1.54, 1.807) is 18.4 Å². The molecule has 0 amide bonds. The Bertz CT molecular complexity index is 425. The van der Waals surface area contributed by atoms with Crippen molar-refractivity contribution in [2.75, 3.05) is 19.9 Å². The smallest absolute Gasteiger partial charge is 0.131 e. The van der Waals surface area contributed by atoms with Crippen molar-refractivity contribution in [1.82, 2.24) is 5.32 Å². The highest BCUT2D eigenvalue weighted by atomic mass is 32.2. The number of methoxy groups -OCH3 is 1. The summed E-state index contributed by atoms with van der Waals surface area (Å²) in [6.07, 6.45) is 1.67. The van der Waals surface area contributed by atoms with Gasteiger partial charge in [0.25, 0.3) is 0 Å². The second-order valence-electron chi connectivity index (χ2n) is 4.29. The molecule has 102 valence electrons. The minimum atomic E-state index is -0.883. The Kier molecular flexibility index (Phi) is 5.75. The highest BCUT2D eigenvalue weighted by Gasteiger charge is 2.17. The largest absolute Gasteiger partial charge is 0.496 e. The summed E-state index contributed by atoms with van der Waals surface area (Å²) in [5.41, 5.74) is 0.508. The quantitative estimate of drug-likeness (QED) is 0.864. The van der Waals surface area contributed by atoms with Crippen LogP contribution >= 0.6 is 0 Å². The maximum atomic E-state index is 13.8. The maximum Gasteiger partial charge on any atom is 0.131 e. The number of rotatable bonds is 6. The number of halogens is 1. The van der Waals surface area contributed by atoms with Gasteiger partial charge in [-0.1, -0.05) is 6.07 Å². The highest BCUT2D eigenvalue weighted by molar-refractivity contribution is 7.84. The first-order chi connectivity index (χ1) is 8.47. The zero-order valence-corrected chi connectivity index (χ0v) is 12.0. The molecule has 0 saturated carbocycles. The first kappa shape index (κ1) is 15.1. The molecule has 0 fully saturated rings. The molecule has 0 spiro atoms. The van der Waals surface area contributed by atoms with Gasteiger partial charge in [0.1, 0.15) is 11.6 Å². The second kappa shape index (κ2) is 6.85. The van der Waals surface area contributed by atoms with Crippen molar-refractivity contribution in [1.29, 1.82) is 0 Å². The molecule has 0 aliphatic heterocycles. The molecule has 1 aromatic carbocycles. The van der Waals surface area contributed by atoms with E-state index in [4.69, 9.17) is 4.74 Å². The molecule has 18 heavy (non-hydrogen) atoms. The molecule has 0 aliphatic rings. The van der Waals surface area contributed by atoms with Crippen molar-refractivity contribution in [3.63, 3.8) is 0 Å². The lowest BCUT2D eigenvalue weighted by atomic mass is 10.1. The predicted octanol–water partition coefficient (Wildman–Crippen LogP) is 2.25. The van der Waals surface area contributed by atoms with E-state index >= 15 is 0 Å². The molecule has 1 rings (SSSR count). The Morgan fingerprint density at radius 2 is 2.11 bits per heavy atom. The summed E-state index contributed by atoms with van der Waals surface area (Å²) in [6.45, 7) is 4.34. The summed E-state index contributed by atoms with van der Waals surface area (Å²) < 4.78 is 30.2. The fourth-order valence-corrected chi connectivity index (χ4v) is 2.01. The van der Waals surface area contributed by atoms with Crippen molar-refractivity contribution >= 4 is 10.8 Å². The van der Waals surface area contributed by atoms with Crippen molar-refractivity contribution in [3.05, 3.63) is 29.6 Å². The lowest BCUT2D eigenvalue weighted by Crippen LogP contribution is -2.30. The molecule has 0 aromatic heterocycles. The van der Waals surface area contributed by atoms with Gasteiger partial charge in [-0.25, -0.2) is 4.39 Å². The standard InChI is InChI=1S/C13H20FNO2S/c1-9(18(4)16)8-15-10(2)13-11(14)6-5-7-12(13)17-3/h5-7,9-10,15H,8H2,1-4H3.